The first-order valence-electron chi connectivity index (χ1n) is 10.1. The van der Waals surface area contributed by atoms with Crippen LogP contribution in [0, 0.1) is 0 Å². The third kappa shape index (κ3) is 5.47. The highest BCUT2D eigenvalue weighted by Gasteiger charge is 2.20. The highest BCUT2D eigenvalue weighted by molar-refractivity contribution is 9.10. The smallest absolute Gasteiger partial charge is 0.344 e. The lowest BCUT2D eigenvalue weighted by atomic mass is 10.0. The van der Waals surface area contributed by atoms with E-state index in [1.165, 1.54) is 0 Å². The van der Waals surface area contributed by atoms with Crippen molar-refractivity contribution in [2.24, 2.45) is 0 Å². The fourth-order valence-corrected chi connectivity index (χ4v) is 3.81. The lowest BCUT2D eigenvalue weighted by molar-refractivity contribution is -0.150. The zero-order valence-corrected chi connectivity index (χ0v) is 19.5. The predicted octanol–water partition coefficient (Wildman–Crippen LogP) is 5.42. The maximum atomic E-state index is 12.1. The zero-order valence-electron chi connectivity index (χ0n) is 17.9. The molecule has 7 heteroatoms. The highest BCUT2D eigenvalue weighted by Crippen LogP contribution is 2.45. The minimum Gasteiger partial charge on any atom is -0.481 e. The van der Waals surface area contributed by atoms with Crippen molar-refractivity contribution in [1.29, 1.82) is 0 Å². The lowest BCUT2D eigenvalue weighted by Gasteiger charge is -2.18. The maximum absolute atomic E-state index is 12.1. The van der Waals surface area contributed by atoms with E-state index in [4.69, 9.17) is 18.9 Å². The van der Waals surface area contributed by atoms with E-state index in [1.54, 1.807) is 27.7 Å². The number of halogens is 1. The number of esters is 2. The Labute approximate surface area is 189 Å². The van der Waals surface area contributed by atoms with Gasteiger partial charge in [-0.1, -0.05) is 52.3 Å². The van der Waals surface area contributed by atoms with E-state index in [0.29, 0.717) is 11.5 Å². The van der Waals surface area contributed by atoms with E-state index in [0.717, 1.165) is 26.0 Å². The first kappa shape index (κ1) is 22.9. The predicted molar refractivity (Wildman–Crippen MR) is 123 cm³/mol. The molecule has 0 fully saturated rings. The molecule has 0 unspecified atom stereocenters. The van der Waals surface area contributed by atoms with E-state index in [-0.39, 0.29) is 25.4 Å². The van der Waals surface area contributed by atoms with Crippen molar-refractivity contribution >= 4 is 49.4 Å². The Balaban J connectivity index is 2.08. The molecule has 164 valence electrons. The monoisotopic (exact) mass is 488 g/mol. The number of hydrogen-bond acceptors (Lipinski definition) is 6. The molecule has 0 N–H and O–H groups in total. The number of hydrogen-bond donors (Lipinski definition) is 0. The molecule has 0 saturated heterocycles. The number of carbonyl (C=O) groups is 2. The largest absolute Gasteiger partial charge is 0.481 e. The van der Waals surface area contributed by atoms with Crippen molar-refractivity contribution in [3.8, 4) is 11.5 Å². The first-order chi connectivity index (χ1) is 14.8. The van der Waals surface area contributed by atoms with E-state index >= 15 is 0 Å². The van der Waals surface area contributed by atoms with Gasteiger partial charge in [0.15, 0.2) is 13.2 Å². The number of carbonyl (C=O) groups excluding carboxylic acids is 2. The second kappa shape index (κ2) is 10.0. The van der Waals surface area contributed by atoms with Gasteiger partial charge < -0.3 is 18.9 Å². The standard InChI is InChI=1S/C24H25BrO6/c1-14(2)30-20(26)12-28-23-16-8-5-6-9-17(16)24(29-13-21(27)31-15(3)4)22-18(23)10-7-11-19(22)25/h5-11,14-15H,12-13H2,1-4H3. The Bertz CT molecular complexity index is 1110. The van der Waals surface area contributed by atoms with Crippen molar-refractivity contribution in [2.75, 3.05) is 13.2 Å². The molecule has 0 aliphatic carbocycles. The van der Waals surface area contributed by atoms with Crippen molar-refractivity contribution in [1.82, 2.24) is 0 Å². The molecule has 3 aromatic rings. The molecule has 0 atom stereocenters. The maximum Gasteiger partial charge on any atom is 0.344 e. The summed E-state index contributed by atoms with van der Waals surface area (Å²) in [6.45, 7) is 6.71. The quantitative estimate of drug-likeness (QED) is 0.311. The van der Waals surface area contributed by atoms with Gasteiger partial charge in [-0.25, -0.2) is 9.59 Å². The summed E-state index contributed by atoms with van der Waals surface area (Å²) in [7, 11) is 0. The third-order valence-corrected chi connectivity index (χ3v) is 4.97. The lowest BCUT2D eigenvalue weighted by Crippen LogP contribution is -2.19. The fraction of sp³-hybridized carbons (Fsp3) is 0.333. The van der Waals surface area contributed by atoms with Crippen LogP contribution in [0.3, 0.4) is 0 Å². The average molecular weight is 489 g/mol. The Kier molecular flexibility index (Phi) is 7.38. The van der Waals surface area contributed by atoms with Crippen LogP contribution < -0.4 is 9.47 Å². The van der Waals surface area contributed by atoms with Gasteiger partial charge in [0.05, 0.1) is 12.2 Å². The van der Waals surface area contributed by atoms with Gasteiger partial charge >= 0.3 is 11.9 Å². The first-order valence-corrected chi connectivity index (χ1v) is 10.8. The van der Waals surface area contributed by atoms with Crippen LogP contribution in [0.2, 0.25) is 0 Å². The van der Waals surface area contributed by atoms with Crippen LogP contribution >= 0.6 is 15.9 Å². The van der Waals surface area contributed by atoms with Crippen molar-refractivity contribution in [3.05, 3.63) is 46.9 Å². The van der Waals surface area contributed by atoms with Crippen LogP contribution in [-0.4, -0.2) is 37.4 Å². The Morgan fingerprint density at radius 1 is 0.742 bits per heavy atom. The van der Waals surface area contributed by atoms with Crippen LogP contribution in [0.5, 0.6) is 11.5 Å². The second-order valence-electron chi connectivity index (χ2n) is 7.52. The summed E-state index contributed by atoms with van der Waals surface area (Å²) in [6.07, 6.45) is -0.446. The van der Waals surface area contributed by atoms with Crippen molar-refractivity contribution < 1.29 is 28.5 Å². The summed E-state index contributed by atoms with van der Waals surface area (Å²) in [5, 5.41) is 3.01. The topological polar surface area (TPSA) is 71.1 Å². The number of benzene rings is 3. The number of rotatable bonds is 8. The number of ether oxygens (including phenoxy) is 4. The van der Waals surface area contributed by atoms with Gasteiger partial charge in [-0.15, -0.1) is 0 Å². The van der Waals surface area contributed by atoms with Crippen LogP contribution in [0.4, 0.5) is 0 Å². The molecule has 0 amide bonds. The van der Waals surface area contributed by atoms with E-state index in [1.807, 2.05) is 42.5 Å². The van der Waals surface area contributed by atoms with E-state index in [9.17, 15) is 9.59 Å². The summed E-state index contributed by atoms with van der Waals surface area (Å²) in [4.78, 5) is 24.1. The highest BCUT2D eigenvalue weighted by atomic mass is 79.9. The van der Waals surface area contributed by atoms with Crippen LogP contribution in [-0.2, 0) is 19.1 Å². The van der Waals surface area contributed by atoms with E-state index in [2.05, 4.69) is 15.9 Å². The summed E-state index contributed by atoms with van der Waals surface area (Å²) in [6, 6.07) is 13.2. The molecule has 0 radical (unpaired) electrons. The molecule has 31 heavy (non-hydrogen) atoms. The van der Waals surface area contributed by atoms with Gasteiger partial charge in [-0.3, -0.25) is 0 Å². The van der Waals surface area contributed by atoms with Crippen molar-refractivity contribution in [2.45, 2.75) is 39.9 Å². The molecule has 3 rings (SSSR count). The van der Waals surface area contributed by atoms with Gasteiger partial charge in [-0.05, 0) is 33.8 Å². The van der Waals surface area contributed by atoms with Gasteiger partial charge in [-0.2, -0.15) is 0 Å². The SMILES string of the molecule is CC(C)OC(=O)COc1c2ccccc2c(OCC(=O)OC(C)C)c2c(Br)cccc12. The molecule has 0 spiro atoms. The summed E-state index contributed by atoms with van der Waals surface area (Å²) in [5.74, 6) is 0.190. The van der Waals surface area contributed by atoms with Gasteiger partial charge in [0, 0.05) is 26.0 Å². The molecular weight excluding hydrogens is 464 g/mol. The van der Waals surface area contributed by atoms with Crippen LogP contribution in [0.25, 0.3) is 21.5 Å². The van der Waals surface area contributed by atoms with Crippen LogP contribution in [0.15, 0.2) is 46.9 Å². The fourth-order valence-electron chi connectivity index (χ4n) is 3.26. The van der Waals surface area contributed by atoms with Crippen molar-refractivity contribution in [3.63, 3.8) is 0 Å². The molecular formula is C24H25BrO6. The minimum absolute atomic E-state index is 0.218. The molecule has 0 aromatic heterocycles. The molecule has 0 bridgehead atoms. The molecule has 0 aliphatic rings. The van der Waals surface area contributed by atoms with Crippen LogP contribution in [0.1, 0.15) is 27.7 Å². The molecule has 0 heterocycles. The molecule has 0 aliphatic heterocycles. The average Bonchev–Trinajstić information content (AvgIpc) is 2.69. The zero-order chi connectivity index (χ0) is 22.5. The molecule has 3 aromatic carbocycles. The summed E-state index contributed by atoms with van der Waals surface area (Å²) < 4.78 is 23.1. The molecule has 6 nitrogen and oxygen atoms in total. The Hall–Kier alpha value is -2.80. The summed E-state index contributed by atoms with van der Waals surface area (Å²) in [5.41, 5.74) is 0. The summed E-state index contributed by atoms with van der Waals surface area (Å²) >= 11 is 3.58. The second-order valence-corrected chi connectivity index (χ2v) is 8.38. The number of fused-ring (bicyclic) bond motifs is 2. The Morgan fingerprint density at radius 3 is 1.77 bits per heavy atom. The van der Waals surface area contributed by atoms with Gasteiger partial charge in [0.2, 0.25) is 0 Å². The van der Waals surface area contributed by atoms with Gasteiger partial charge in [0.1, 0.15) is 11.5 Å². The van der Waals surface area contributed by atoms with E-state index < -0.39 is 11.9 Å². The normalized spacial score (nSPS) is 11.2. The minimum atomic E-state index is -0.448. The molecule has 0 saturated carbocycles. The third-order valence-electron chi connectivity index (χ3n) is 4.30. The Morgan fingerprint density at radius 2 is 1.23 bits per heavy atom. The van der Waals surface area contributed by atoms with Gasteiger partial charge in [0.25, 0.3) is 0 Å².